The van der Waals surface area contributed by atoms with E-state index >= 15 is 0 Å². The van der Waals surface area contributed by atoms with Gasteiger partial charge >= 0.3 is 0 Å². The van der Waals surface area contributed by atoms with Gasteiger partial charge in [-0.2, -0.15) is 0 Å². The van der Waals surface area contributed by atoms with Crippen LogP contribution < -0.4 is 10.1 Å². The number of methoxy groups -OCH3 is 1. The molecule has 0 aliphatic heterocycles. The van der Waals surface area contributed by atoms with E-state index in [0.29, 0.717) is 13.0 Å². The predicted octanol–water partition coefficient (Wildman–Crippen LogP) is 2.08. The second kappa shape index (κ2) is 6.65. The van der Waals surface area contributed by atoms with E-state index < -0.39 is 0 Å². The summed E-state index contributed by atoms with van der Waals surface area (Å²) in [6.45, 7) is 0.460. The molecule has 5 heteroatoms. The third-order valence-electron chi connectivity index (χ3n) is 3.02. The molecule has 2 rings (SSSR count). The molecule has 0 radical (unpaired) electrons. The monoisotopic (exact) mass is 287 g/mol. The minimum absolute atomic E-state index is 0.143. The molecule has 0 fully saturated rings. The number of ether oxygens (including phenoxy) is 1. The van der Waals surface area contributed by atoms with Crippen LogP contribution in [0.2, 0.25) is 0 Å². The summed E-state index contributed by atoms with van der Waals surface area (Å²) < 4.78 is 5.08. The van der Waals surface area contributed by atoms with Gasteiger partial charge < -0.3 is 20.3 Å². The highest BCUT2D eigenvalue weighted by Gasteiger charge is 2.08. The van der Waals surface area contributed by atoms with Gasteiger partial charge in [-0.15, -0.1) is 0 Å². The summed E-state index contributed by atoms with van der Waals surface area (Å²) in [5.74, 6) is 0.165. The molecule has 0 aromatic heterocycles. The van der Waals surface area contributed by atoms with Gasteiger partial charge in [-0.25, -0.2) is 0 Å². The topological polar surface area (TPSA) is 78.8 Å². The van der Waals surface area contributed by atoms with Crippen LogP contribution >= 0.6 is 0 Å². The van der Waals surface area contributed by atoms with Crippen molar-refractivity contribution in [1.29, 1.82) is 0 Å². The number of carbonyl (C=O) groups excluding carboxylic acids is 1. The van der Waals surface area contributed by atoms with Crippen LogP contribution in [-0.2, 0) is 6.42 Å². The number of phenolic OH excluding ortho intramolecular Hbond substituents is 2. The van der Waals surface area contributed by atoms with Crippen LogP contribution in [0.25, 0.3) is 0 Å². The number of benzene rings is 2. The smallest absolute Gasteiger partial charge is 0.251 e. The van der Waals surface area contributed by atoms with E-state index in [2.05, 4.69) is 5.32 Å². The van der Waals surface area contributed by atoms with Crippen LogP contribution in [0.15, 0.2) is 42.5 Å². The lowest BCUT2D eigenvalue weighted by Crippen LogP contribution is -2.25. The third kappa shape index (κ3) is 4.14. The quantitative estimate of drug-likeness (QED) is 0.786. The van der Waals surface area contributed by atoms with Crippen LogP contribution in [-0.4, -0.2) is 29.8 Å². The number of aromatic hydroxyl groups is 2. The Morgan fingerprint density at radius 1 is 1.10 bits per heavy atom. The number of hydrogen-bond donors (Lipinski definition) is 3. The molecule has 0 spiro atoms. The zero-order chi connectivity index (χ0) is 15.2. The lowest BCUT2D eigenvalue weighted by Gasteiger charge is -2.07. The number of hydrogen-bond acceptors (Lipinski definition) is 4. The SMILES string of the molecule is COc1ccc(CCNC(=O)c2cc(O)cc(O)c2)cc1. The molecule has 21 heavy (non-hydrogen) atoms. The second-order valence-electron chi connectivity index (χ2n) is 4.59. The van der Waals surface area contributed by atoms with Gasteiger partial charge in [0.1, 0.15) is 17.2 Å². The zero-order valence-electron chi connectivity index (χ0n) is 11.7. The van der Waals surface area contributed by atoms with Gasteiger partial charge in [0.15, 0.2) is 0 Å². The molecule has 0 atom stereocenters. The molecule has 0 aliphatic rings. The van der Waals surface area contributed by atoms with Crippen molar-refractivity contribution in [2.75, 3.05) is 13.7 Å². The lowest BCUT2D eigenvalue weighted by atomic mass is 10.1. The van der Waals surface area contributed by atoms with E-state index in [1.54, 1.807) is 7.11 Å². The van der Waals surface area contributed by atoms with Gasteiger partial charge in [0, 0.05) is 18.2 Å². The number of nitrogens with one attached hydrogen (secondary N) is 1. The minimum Gasteiger partial charge on any atom is -0.508 e. The molecule has 0 saturated heterocycles. The zero-order valence-corrected chi connectivity index (χ0v) is 11.7. The summed E-state index contributed by atoms with van der Waals surface area (Å²) in [5, 5.41) is 21.4. The predicted molar refractivity (Wildman–Crippen MR) is 78.8 cm³/mol. The molecule has 0 saturated carbocycles. The maximum Gasteiger partial charge on any atom is 0.251 e. The number of carbonyl (C=O) groups is 1. The van der Waals surface area contributed by atoms with Crippen molar-refractivity contribution < 1.29 is 19.7 Å². The molecule has 3 N–H and O–H groups in total. The molecule has 0 aliphatic carbocycles. The summed E-state index contributed by atoms with van der Waals surface area (Å²) in [6.07, 6.45) is 0.681. The van der Waals surface area contributed by atoms with E-state index in [1.807, 2.05) is 24.3 Å². The molecule has 2 aromatic rings. The Morgan fingerprint density at radius 2 is 1.71 bits per heavy atom. The van der Waals surface area contributed by atoms with Crippen molar-refractivity contribution in [1.82, 2.24) is 5.32 Å². The molecule has 2 aromatic carbocycles. The van der Waals surface area contributed by atoms with Crippen LogP contribution in [0.5, 0.6) is 17.2 Å². The maximum absolute atomic E-state index is 11.9. The van der Waals surface area contributed by atoms with Crippen molar-refractivity contribution in [3.63, 3.8) is 0 Å². The summed E-state index contributed by atoms with van der Waals surface area (Å²) in [4.78, 5) is 11.9. The highest BCUT2D eigenvalue weighted by Crippen LogP contribution is 2.20. The van der Waals surface area contributed by atoms with E-state index in [4.69, 9.17) is 4.74 Å². The summed E-state index contributed by atoms with van der Waals surface area (Å²) in [6, 6.07) is 11.4. The lowest BCUT2D eigenvalue weighted by molar-refractivity contribution is 0.0953. The Hall–Kier alpha value is -2.69. The van der Waals surface area contributed by atoms with Crippen LogP contribution in [0, 0.1) is 0 Å². The molecule has 0 heterocycles. The molecule has 1 amide bonds. The minimum atomic E-state index is -0.338. The van der Waals surface area contributed by atoms with Gasteiger partial charge in [0.2, 0.25) is 0 Å². The number of amides is 1. The largest absolute Gasteiger partial charge is 0.508 e. The fourth-order valence-corrected chi connectivity index (χ4v) is 1.94. The van der Waals surface area contributed by atoms with Crippen molar-refractivity contribution in [3.8, 4) is 17.2 Å². The summed E-state index contributed by atoms with van der Waals surface area (Å²) in [5.41, 5.74) is 1.30. The molecular formula is C16H17NO4. The Labute approximate surface area is 122 Å². The molecule has 0 bridgehead atoms. The van der Waals surface area contributed by atoms with Gasteiger partial charge in [0.05, 0.1) is 7.11 Å². The second-order valence-corrected chi connectivity index (χ2v) is 4.59. The van der Waals surface area contributed by atoms with Crippen molar-refractivity contribution >= 4 is 5.91 Å². The van der Waals surface area contributed by atoms with Gasteiger partial charge in [0.25, 0.3) is 5.91 Å². The molecule has 5 nitrogen and oxygen atoms in total. The maximum atomic E-state index is 11.9. The summed E-state index contributed by atoms with van der Waals surface area (Å²) >= 11 is 0. The van der Waals surface area contributed by atoms with E-state index in [0.717, 1.165) is 11.3 Å². The number of rotatable bonds is 5. The third-order valence-corrected chi connectivity index (χ3v) is 3.02. The molecule has 110 valence electrons. The average Bonchev–Trinajstić information content (AvgIpc) is 2.47. The van der Waals surface area contributed by atoms with Crippen LogP contribution in [0.1, 0.15) is 15.9 Å². The van der Waals surface area contributed by atoms with Crippen molar-refractivity contribution in [2.24, 2.45) is 0 Å². The molecule has 0 unspecified atom stereocenters. The fourth-order valence-electron chi connectivity index (χ4n) is 1.94. The first-order chi connectivity index (χ1) is 10.1. The van der Waals surface area contributed by atoms with E-state index in [9.17, 15) is 15.0 Å². The molecular weight excluding hydrogens is 270 g/mol. The Bertz CT molecular complexity index is 602. The average molecular weight is 287 g/mol. The first kappa shape index (κ1) is 14.7. The Kier molecular flexibility index (Phi) is 4.66. The van der Waals surface area contributed by atoms with Gasteiger partial charge in [-0.05, 0) is 36.2 Å². The van der Waals surface area contributed by atoms with Gasteiger partial charge in [-0.3, -0.25) is 4.79 Å². The van der Waals surface area contributed by atoms with Crippen LogP contribution in [0.3, 0.4) is 0 Å². The van der Waals surface area contributed by atoms with E-state index in [-0.39, 0.29) is 23.0 Å². The summed E-state index contributed by atoms with van der Waals surface area (Å²) in [7, 11) is 1.61. The fraction of sp³-hybridized carbons (Fsp3) is 0.188. The van der Waals surface area contributed by atoms with Crippen molar-refractivity contribution in [3.05, 3.63) is 53.6 Å². The Morgan fingerprint density at radius 3 is 2.29 bits per heavy atom. The highest BCUT2D eigenvalue weighted by molar-refractivity contribution is 5.95. The van der Waals surface area contributed by atoms with Crippen molar-refractivity contribution in [2.45, 2.75) is 6.42 Å². The van der Waals surface area contributed by atoms with Gasteiger partial charge in [-0.1, -0.05) is 12.1 Å². The first-order valence-electron chi connectivity index (χ1n) is 6.52. The van der Waals surface area contributed by atoms with E-state index in [1.165, 1.54) is 18.2 Å². The van der Waals surface area contributed by atoms with Crippen LogP contribution in [0.4, 0.5) is 0 Å². The highest BCUT2D eigenvalue weighted by atomic mass is 16.5. The Balaban J connectivity index is 1.88. The normalized spacial score (nSPS) is 10.1. The number of phenols is 2. The first-order valence-corrected chi connectivity index (χ1v) is 6.52. The standard InChI is InChI=1S/C16H17NO4/c1-21-15-4-2-11(3-5-15)6-7-17-16(20)12-8-13(18)10-14(19)9-12/h2-5,8-10,18-19H,6-7H2,1H3,(H,17,20).